The van der Waals surface area contributed by atoms with Crippen LogP contribution in [0.25, 0.3) is 0 Å². The van der Waals surface area contributed by atoms with Gasteiger partial charge in [-0.15, -0.1) is 0 Å². The van der Waals surface area contributed by atoms with Crippen molar-refractivity contribution in [1.29, 1.82) is 0 Å². The monoisotopic (exact) mass is 274 g/mol. The predicted molar refractivity (Wildman–Crippen MR) is 61.1 cm³/mol. The third-order valence-corrected chi connectivity index (χ3v) is 2.23. The topological polar surface area (TPSA) is 63.8 Å². The molecule has 94 valence electrons. The number of nitrogens with one attached hydrogen (secondary N) is 1. The van der Waals surface area contributed by atoms with Crippen molar-refractivity contribution in [2.45, 2.75) is 0 Å². The molecule has 0 saturated carbocycles. The van der Waals surface area contributed by atoms with Crippen LogP contribution in [0.1, 0.15) is 0 Å². The number of nitrogens with two attached hydrogens (primary N) is 1. The third-order valence-electron chi connectivity index (χ3n) is 2.05. The van der Waals surface area contributed by atoms with Gasteiger partial charge in [-0.3, -0.25) is 0 Å². The average molecular weight is 275 g/mol. The van der Waals surface area contributed by atoms with Gasteiger partial charge in [0.25, 0.3) is 0 Å². The summed E-state index contributed by atoms with van der Waals surface area (Å²) in [6.45, 7) is 0. The molecule has 4 nitrogen and oxygen atoms in total. The normalized spacial score (nSPS) is 10.4. The molecular formula is C10H6ClF3N4. The lowest BCUT2D eigenvalue weighted by molar-refractivity contribution is 0.496. The Morgan fingerprint density at radius 3 is 2.50 bits per heavy atom. The number of nitrogens with zero attached hydrogens (tertiary/aromatic N) is 2. The summed E-state index contributed by atoms with van der Waals surface area (Å²) in [6, 6.07) is 1.07. The van der Waals surface area contributed by atoms with Crippen molar-refractivity contribution in [3.05, 3.63) is 41.1 Å². The van der Waals surface area contributed by atoms with Crippen molar-refractivity contribution in [1.82, 2.24) is 9.97 Å². The zero-order valence-electron chi connectivity index (χ0n) is 8.72. The highest BCUT2D eigenvalue weighted by molar-refractivity contribution is 6.28. The number of hydrogen-bond donors (Lipinski definition) is 2. The Balaban J connectivity index is 2.40. The van der Waals surface area contributed by atoms with Gasteiger partial charge in [0.1, 0.15) is 5.82 Å². The molecule has 0 spiro atoms. The largest absolute Gasteiger partial charge is 0.394 e. The van der Waals surface area contributed by atoms with E-state index in [-0.39, 0.29) is 22.5 Å². The van der Waals surface area contributed by atoms with E-state index in [0.29, 0.717) is 12.1 Å². The Morgan fingerprint density at radius 1 is 1.11 bits per heavy atom. The van der Waals surface area contributed by atoms with Gasteiger partial charge in [0.15, 0.2) is 17.5 Å². The van der Waals surface area contributed by atoms with Crippen LogP contribution in [0.2, 0.25) is 5.28 Å². The summed E-state index contributed by atoms with van der Waals surface area (Å²) in [5.74, 6) is -3.47. The van der Waals surface area contributed by atoms with E-state index in [0.717, 1.165) is 0 Å². The lowest BCUT2D eigenvalue weighted by atomic mass is 10.2. The zero-order chi connectivity index (χ0) is 13.3. The first-order chi connectivity index (χ1) is 8.47. The standard InChI is InChI=1S/C10H6ClF3N4/c11-10-16-3-7(15)9(18-10)17-8-2-5(13)4(12)1-6(8)14/h1-3H,15H2,(H,16,17,18). The van der Waals surface area contributed by atoms with Crippen LogP contribution in [0.4, 0.5) is 30.4 Å². The minimum atomic E-state index is -1.29. The molecule has 0 amide bonds. The van der Waals surface area contributed by atoms with Crippen molar-refractivity contribution < 1.29 is 13.2 Å². The number of hydrogen-bond acceptors (Lipinski definition) is 4. The molecule has 8 heteroatoms. The van der Waals surface area contributed by atoms with E-state index in [4.69, 9.17) is 17.3 Å². The van der Waals surface area contributed by atoms with Gasteiger partial charge < -0.3 is 11.1 Å². The summed E-state index contributed by atoms with van der Waals surface area (Å²) in [5.41, 5.74) is 5.30. The summed E-state index contributed by atoms with van der Waals surface area (Å²) in [5, 5.41) is 2.29. The zero-order valence-corrected chi connectivity index (χ0v) is 9.47. The summed E-state index contributed by atoms with van der Waals surface area (Å²) in [4.78, 5) is 7.29. The van der Waals surface area contributed by atoms with Gasteiger partial charge in [-0.2, -0.15) is 4.98 Å². The second-order valence-corrected chi connectivity index (χ2v) is 3.65. The molecule has 0 aliphatic carbocycles. The summed E-state index contributed by atoms with van der Waals surface area (Å²) < 4.78 is 39.1. The van der Waals surface area contributed by atoms with Crippen molar-refractivity contribution >= 4 is 28.8 Å². The maximum absolute atomic E-state index is 13.4. The summed E-state index contributed by atoms with van der Waals surface area (Å²) in [6.07, 6.45) is 1.20. The van der Waals surface area contributed by atoms with Crippen LogP contribution in [-0.4, -0.2) is 9.97 Å². The van der Waals surface area contributed by atoms with E-state index < -0.39 is 17.5 Å². The molecule has 0 radical (unpaired) electrons. The molecule has 0 aliphatic heterocycles. The lowest BCUT2D eigenvalue weighted by Crippen LogP contribution is -2.03. The van der Waals surface area contributed by atoms with Crippen LogP contribution < -0.4 is 11.1 Å². The number of aromatic nitrogens is 2. The Bertz CT molecular complexity index is 606. The first kappa shape index (κ1) is 12.4. The van der Waals surface area contributed by atoms with Crippen LogP contribution in [0.5, 0.6) is 0 Å². The Labute approximate surface area is 105 Å². The first-order valence-electron chi connectivity index (χ1n) is 4.67. The van der Waals surface area contributed by atoms with E-state index >= 15 is 0 Å². The molecule has 0 aliphatic rings. The van der Waals surface area contributed by atoms with Gasteiger partial charge in [-0.25, -0.2) is 18.2 Å². The Hall–Kier alpha value is -2.02. The molecule has 1 heterocycles. The minimum absolute atomic E-state index is 0.0000850. The van der Waals surface area contributed by atoms with Crippen LogP contribution in [0.15, 0.2) is 18.3 Å². The molecule has 0 bridgehead atoms. The lowest BCUT2D eigenvalue weighted by Gasteiger charge is -2.09. The highest BCUT2D eigenvalue weighted by Gasteiger charge is 2.12. The molecule has 0 atom stereocenters. The number of anilines is 3. The van der Waals surface area contributed by atoms with Gasteiger partial charge in [0, 0.05) is 12.1 Å². The summed E-state index contributed by atoms with van der Waals surface area (Å²) in [7, 11) is 0. The first-order valence-corrected chi connectivity index (χ1v) is 5.04. The number of benzene rings is 1. The minimum Gasteiger partial charge on any atom is -0.394 e. The van der Waals surface area contributed by atoms with Crippen LogP contribution in [-0.2, 0) is 0 Å². The number of halogens is 4. The van der Waals surface area contributed by atoms with E-state index in [2.05, 4.69) is 15.3 Å². The molecule has 2 aromatic rings. The Morgan fingerprint density at radius 2 is 1.78 bits per heavy atom. The van der Waals surface area contributed by atoms with Crippen molar-refractivity contribution in [3.8, 4) is 0 Å². The molecule has 18 heavy (non-hydrogen) atoms. The van der Waals surface area contributed by atoms with Crippen LogP contribution >= 0.6 is 11.6 Å². The molecule has 3 N–H and O–H groups in total. The van der Waals surface area contributed by atoms with E-state index in [1.807, 2.05) is 0 Å². The van der Waals surface area contributed by atoms with E-state index in [1.165, 1.54) is 6.20 Å². The molecule has 0 saturated heterocycles. The summed E-state index contributed by atoms with van der Waals surface area (Å²) >= 11 is 5.53. The second kappa shape index (κ2) is 4.69. The maximum Gasteiger partial charge on any atom is 0.224 e. The van der Waals surface area contributed by atoms with Gasteiger partial charge in [-0.05, 0) is 11.6 Å². The van der Waals surface area contributed by atoms with E-state index in [1.54, 1.807) is 0 Å². The molecule has 1 aromatic heterocycles. The number of nitrogen functional groups attached to an aromatic ring is 1. The molecule has 1 aromatic carbocycles. The van der Waals surface area contributed by atoms with Crippen LogP contribution in [0.3, 0.4) is 0 Å². The second-order valence-electron chi connectivity index (χ2n) is 3.31. The van der Waals surface area contributed by atoms with Gasteiger partial charge in [0.2, 0.25) is 5.28 Å². The highest BCUT2D eigenvalue weighted by Crippen LogP contribution is 2.25. The molecule has 0 fully saturated rings. The van der Waals surface area contributed by atoms with Crippen molar-refractivity contribution in [3.63, 3.8) is 0 Å². The maximum atomic E-state index is 13.4. The van der Waals surface area contributed by atoms with Crippen molar-refractivity contribution in [2.24, 2.45) is 0 Å². The fourth-order valence-electron chi connectivity index (χ4n) is 1.22. The Kier molecular flexibility index (Phi) is 3.24. The fourth-order valence-corrected chi connectivity index (χ4v) is 1.35. The third kappa shape index (κ3) is 2.45. The van der Waals surface area contributed by atoms with E-state index in [9.17, 15) is 13.2 Å². The average Bonchev–Trinajstić information content (AvgIpc) is 2.30. The molecule has 0 unspecified atom stereocenters. The predicted octanol–water partition coefficient (Wildman–Crippen LogP) is 2.87. The number of rotatable bonds is 2. The highest BCUT2D eigenvalue weighted by atomic mass is 35.5. The van der Waals surface area contributed by atoms with Gasteiger partial charge >= 0.3 is 0 Å². The quantitative estimate of drug-likeness (QED) is 0.653. The molecular weight excluding hydrogens is 269 g/mol. The van der Waals surface area contributed by atoms with Crippen LogP contribution in [0, 0.1) is 17.5 Å². The van der Waals surface area contributed by atoms with Crippen molar-refractivity contribution in [2.75, 3.05) is 11.1 Å². The molecule has 2 rings (SSSR count). The van der Waals surface area contributed by atoms with Gasteiger partial charge in [-0.1, -0.05) is 0 Å². The SMILES string of the molecule is Nc1cnc(Cl)nc1Nc1cc(F)c(F)cc1F. The fraction of sp³-hybridized carbons (Fsp3) is 0. The smallest absolute Gasteiger partial charge is 0.224 e. The van der Waals surface area contributed by atoms with Gasteiger partial charge in [0.05, 0.1) is 17.6 Å².